The molecule has 1 heterocycles. The van der Waals surface area contributed by atoms with E-state index in [1.165, 1.54) is 24.3 Å². The number of anilines is 2. The first-order valence-corrected chi connectivity index (χ1v) is 14.8. The van der Waals surface area contributed by atoms with E-state index in [1.807, 2.05) is 0 Å². The highest BCUT2D eigenvalue weighted by Crippen LogP contribution is 2.44. The van der Waals surface area contributed by atoms with Gasteiger partial charge in [0.25, 0.3) is 0 Å². The second-order valence-electron chi connectivity index (χ2n) is 7.60. The summed E-state index contributed by atoms with van der Waals surface area (Å²) in [6.07, 6.45) is 0. The van der Waals surface area contributed by atoms with Crippen molar-refractivity contribution in [3.63, 3.8) is 0 Å². The highest BCUT2D eigenvalue weighted by molar-refractivity contribution is 7.94. The van der Waals surface area contributed by atoms with Crippen molar-refractivity contribution in [1.29, 1.82) is 0 Å². The predicted molar refractivity (Wildman–Crippen MR) is 150 cm³/mol. The van der Waals surface area contributed by atoms with Gasteiger partial charge in [-0.25, -0.2) is 18.9 Å². The molecular formula is C21H16Cl2N6O10S3. The summed E-state index contributed by atoms with van der Waals surface area (Å²) in [6, 6.07) is 12.0. The molecule has 0 atom stereocenters. The molecule has 0 radical (unpaired) electrons. The van der Waals surface area contributed by atoms with Gasteiger partial charge >= 0.3 is 0 Å². The summed E-state index contributed by atoms with van der Waals surface area (Å²) in [4.78, 5) is 11.8. The van der Waals surface area contributed by atoms with Crippen molar-refractivity contribution in [2.24, 2.45) is 10.2 Å². The zero-order valence-electron chi connectivity index (χ0n) is 20.4. The number of nitrogens with zero attached hydrogens (tertiary/aromatic N) is 5. The number of halogens is 2. The number of sulfone groups is 1. The van der Waals surface area contributed by atoms with Gasteiger partial charge in [-0.3, -0.25) is 4.18 Å². The fourth-order valence-electron chi connectivity index (χ4n) is 3.30. The van der Waals surface area contributed by atoms with Gasteiger partial charge in [0.15, 0.2) is 27.9 Å². The number of phenols is 1. The average molecular weight is 679 g/mol. The molecule has 0 fully saturated rings. The maximum atomic E-state index is 12.5. The van der Waals surface area contributed by atoms with Crippen molar-refractivity contribution in [2.75, 3.05) is 17.7 Å². The summed E-state index contributed by atoms with van der Waals surface area (Å²) >= 11 is 12.5. The van der Waals surface area contributed by atoms with Gasteiger partial charge in [-0.15, -0.1) is 13.8 Å². The van der Waals surface area contributed by atoms with Gasteiger partial charge in [0.05, 0.1) is 39.9 Å². The lowest BCUT2D eigenvalue weighted by molar-refractivity contribution is -0.434. The molecule has 0 spiro atoms. The third-order valence-corrected chi connectivity index (χ3v) is 8.08. The van der Waals surface area contributed by atoms with Gasteiger partial charge in [0.2, 0.25) is 16.5 Å². The smallest absolute Gasteiger partial charge is 0.232 e. The lowest BCUT2D eigenvalue weighted by Gasteiger charge is -2.11. The van der Waals surface area contributed by atoms with Gasteiger partial charge in [-0.1, -0.05) is 16.1 Å². The summed E-state index contributed by atoms with van der Waals surface area (Å²) in [7, 11) is -3.71. The van der Waals surface area contributed by atoms with Crippen molar-refractivity contribution in [1.82, 2.24) is 15.0 Å². The molecule has 0 saturated heterocycles. The number of aromatic hydroxyl groups is 1. The van der Waals surface area contributed by atoms with Crippen LogP contribution in [-0.4, -0.2) is 51.4 Å². The van der Waals surface area contributed by atoms with Crippen molar-refractivity contribution in [3.8, 4) is 5.75 Å². The second-order valence-corrected chi connectivity index (χ2v) is 11.6. The molecule has 0 bridgehead atoms. The zero-order valence-corrected chi connectivity index (χ0v) is 24.4. The number of nitrogens with one attached hydrogen (secondary N) is 1. The molecule has 4 rings (SSSR count). The first-order chi connectivity index (χ1) is 20.2. The Balaban J connectivity index is 1.59. The third-order valence-electron chi connectivity index (χ3n) is 5.05. The topological polar surface area (TPSA) is 216 Å². The van der Waals surface area contributed by atoms with E-state index >= 15 is 0 Å². The van der Waals surface area contributed by atoms with E-state index in [1.54, 1.807) is 24.3 Å². The summed E-state index contributed by atoms with van der Waals surface area (Å²) in [5.74, 6) is -0.608. The van der Waals surface area contributed by atoms with Crippen LogP contribution in [0.4, 0.5) is 23.0 Å². The van der Waals surface area contributed by atoms with Crippen molar-refractivity contribution < 1.29 is 47.0 Å². The molecule has 1 aromatic heterocycles. The van der Waals surface area contributed by atoms with Crippen LogP contribution in [0.15, 0.2) is 68.6 Å². The van der Waals surface area contributed by atoms with Crippen LogP contribution in [0.2, 0.25) is 10.6 Å². The Morgan fingerprint density at radius 2 is 1.64 bits per heavy atom. The molecule has 0 unspecified atom stereocenters. The van der Waals surface area contributed by atoms with E-state index in [2.05, 4.69) is 49.2 Å². The number of phenolic OH excluding ortho intramolecular Hbond substituents is 1. The van der Waals surface area contributed by atoms with Gasteiger partial charge in [0.1, 0.15) is 5.69 Å². The minimum Gasteiger partial charge on any atom is -0.505 e. The first kappa shape index (κ1) is 32.0. The van der Waals surface area contributed by atoms with Crippen molar-refractivity contribution in [2.45, 2.75) is 9.79 Å². The predicted octanol–water partition coefficient (Wildman–Crippen LogP) is 6.40. The summed E-state index contributed by atoms with van der Waals surface area (Å²) < 4.78 is 38.3. The number of azo groups is 1. The van der Waals surface area contributed by atoms with E-state index < -0.39 is 9.84 Å². The number of benzene rings is 3. The molecule has 4 aromatic rings. The van der Waals surface area contributed by atoms with Crippen LogP contribution in [0.25, 0.3) is 10.8 Å². The fourth-order valence-corrected chi connectivity index (χ4v) is 5.57. The average Bonchev–Trinajstić information content (AvgIpc) is 2.95. The molecule has 16 nitrogen and oxygen atoms in total. The van der Waals surface area contributed by atoms with E-state index in [-0.39, 0.29) is 68.1 Å². The SMILES string of the molecule is O=S(=O)(CCOSOOO)c1ccc(/N=N/c2c(SOOO)cc3ccc(Nc4nc(Cl)nc(Cl)n4)cc3c2O)cc1. The highest BCUT2D eigenvalue weighted by atomic mass is 35.5. The van der Waals surface area contributed by atoms with Crippen LogP contribution in [-0.2, 0) is 32.8 Å². The van der Waals surface area contributed by atoms with Crippen LogP contribution in [0, 0.1) is 0 Å². The number of hydrogen-bond donors (Lipinski definition) is 4. The Labute approximate surface area is 254 Å². The maximum Gasteiger partial charge on any atom is 0.232 e. The highest BCUT2D eigenvalue weighted by Gasteiger charge is 2.17. The minimum absolute atomic E-state index is 0.00607. The molecule has 0 aliphatic rings. The van der Waals surface area contributed by atoms with Crippen LogP contribution < -0.4 is 5.32 Å². The number of hydrogen-bond acceptors (Lipinski definition) is 18. The summed E-state index contributed by atoms with van der Waals surface area (Å²) in [5.41, 5.74) is 0.667. The number of rotatable bonds is 14. The zero-order chi connectivity index (χ0) is 30.1. The fraction of sp³-hybridized carbons (Fsp3) is 0.0952. The molecule has 0 aliphatic carbocycles. The standard InChI is InChI=1S/C21H16Cl2N6O10S3/c22-19-25-20(23)27-21(26-19)24-13-2-1-11-9-16(40-38-36-31)17(18(30)15(11)10-13)29-28-12-3-5-14(6-4-12)42(33,34)8-7-35-41-39-37-32/h1-6,9-10,30-32H,7-8H2,(H,24,25,26,27)/b29-28+. The summed E-state index contributed by atoms with van der Waals surface area (Å²) in [6.45, 7) is -0.243. The number of fused-ring (bicyclic) bond motifs is 1. The molecule has 4 N–H and O–H groups in total. The van der Waals surface area contributed by atoms with Crippen LogP contribution in [0.1, 0.15) is 0 Å². The number of aromatic nitrogens is 3. The molecule has 0 aliphatic heterocycles. The van der Waals surface area contributed by atoms with Crippen molar-refractivity contribution in [3.05, 3.63) is 59.1 Å². The maximum absolute atomic E-state index is 12.5. The van der Waals surface area contributed by atoms with Crippen LogP contribution in [0.5, 0.6) is 5.75 Å². The molecule has 42 heavy (non-hydrogen) atoms. The Morgan fingerprint density at radius 3 is 2.33 bits per heavy atom. The Morgan fingerprint density at radius 1 is 0.929 bits per heavy atom. The van der Waals surface area contributed by atoms with Crippen LogP contribution >= 0.6 is 47.6 Å². The lowest BCUT2D eigenvalue weighted by atomic mass is 10.1. The second kappa shape index (κ2) is 15.0. The largest absolute Gasteiger partial charge is 0.505 e. The van der Waals surface area contributed by atoms with Crippen molar-refractivity contribution >= 4 is 91.2 Å². The third kappa shape index (κ3) is 8.56. The van der Waals surface area contributed by atoms with Gasteiger partial charge in [-0.2, -0.15) is 20.1 Å². The molecule has 222 valence electrons. The Hall–Kier alpha value is -2.92. The van der Waals surface area contributed by atoms with Gasteiger partial charge < -0.3 is 10.4 Å². The van der Waals surface area contributed by atoms with Gasteiger partial charge in [-0.05, 0) is 71.1 Å². The minimum atomic E-state index is -3.71. The first-order valence-electron chi connectivity index (χ1n) is 11.0. The van der Waals surface area contributed by atoms with E-state index in [0.717, 1.165) is 0 Å². The van der Waals surface area contributed by atoms with E-state index in [9.17, 15) is 13.5 Å². The molecule has 3 aromatic carbocycles. The summed E-state index contributed by atoms with van der Waals surface area (Å²) in [5, 5.41) is 46.5. The monoisotopic (exact) mass is 678 g/mol. The lowest BCUT2D eigenvalue weighted by Crippen LogP contribution is -2.10. The Kier molecular flexibility index (Phi) is 11.4. The quantitative estimate of drug-likeness (QED) is 0.0373. The van der Waals surface area contributed by atoms with E-state index in [4.69, 9.17) is 37.9 Å². The van der Waals surface area contributed by atoms with Crippen LogP contribution in [0.3, 0.4) is 0 Å². The molecule has 21 heteroatoms. The molecule has 0 saturated carbocycles. The molecule has 0 amide bonds. The van der Waals surface area contributed by atoms with E-state index in [0.29, 0.717) is 28.5 Å². The Bertz CT molecular complexity index is 1670. The molecular weight excluding hydrogens is 663 g/mol. The normalized spacial score (nSPS) is 11.9. The van der Waals surface area contributed by atoms with Gasteiger partial charge in [0, 0.05) is 11.1 Å².